The van der Waals surface area contributed by atoms with E-state index in [4.69, 9.17) is 0 Å². The lowest BCUT2D eigenvalue weighted by Crippen LogP contribution is -1.83. The molecule has 0 unspecified atom stereocenters. The molecule has 0 saturated heterocycles. The van der Waals surface area contributed by atoms with Crippen molar-refractivity contribution in [3.63, 3.8) is 0 Å². The van der Waals surface area contributed by atoms with Crippen molar-refractivity contribution in [3.8, 4) is 0 Å². The summed E-state index contributed by atoms with van der Waals surface area (Å²) in [5, 5.41) is 0. The second-order valence-corrected chi connectivity index (χ2v) is 5.95. The molecular formula is C19H43N. The number of unbranched alkanes of at least 4 members (excludes halogenated alkanes) is 15. The monoisotopic (exact) mass is 285 g/mol. The molecular weight excluding hydrogens is 242 g/mol. The second kappa shape index (κ2) is 24.0. The zero-order valence-electron chi connectivity index (χ0n) is 14.9. The standard InChI is InChI=1S/C18H38.CH5N/c1-3-5-7-9-11-13-15-17-18-16-14-12-10-8-6-4-2;1-2/h3-18H2,1-2H3;2H2,1H3. The van der Waals surface area contributed by atoms with Crippen molar-refractivity contribution in [3.05, 3.63) is 0 Å². The first-order valence-electron chi connectivity index (χ1n) is 9.49. The minimum atomic E-state index is 1.37. The molecule has 0 aromatic carbocycles. The molecule has 0 rings (SSSR count). The first kappa shape index (κ1) is 22.2. The predicted octanol–water partition coefficient (Wildman–Crippen LogP) is 6.84. The van der Waals surface area contributed by atoms with Gasteiger partial charge in [-0.3, -0.25) is 0 Å². The second-order valence-electron chi connectivity index (χ2n) is 5.95. The van der Waals surface area contributed by atoms with Crippen LogP contribution in [0, 0.1) is 0 Å². The lowest BCUT2D eigenvalue weighted by Gasteiger charge is -2.03. The van der Waals surface area contributed by atoms with Gasteiger partial charge in [0.1, 0.15) is 0 Å². The van der Waals surface area contributed by atoms with Crippen LogP contribution in [0.2, 0.25) is 0 Å². The summed E-state index contributed by atoms with van der Waals surface area (Å²) in [6, 6.07) is 0. The normalized spacial score (nSPS) is 10.2. The first-order valence-corrected chi connectivity index (χ1v) is 9.49. The van der Waals surface area contributed by atoms with Gasteiger partial charge < -0.3 is 5.73 Å². The smallest absolute Gasteiger partial charge is 0.0195 e. The largest absolute Gasteiger partial charge is 0.333 e. The molecule has 0 amide bonds. The molecule has 0 spiro atoms. The van der Waals surface area contributed by atoms with Crippen LogP contribution < -0.4 is 5.73 Å². The summed E-state index contributed by atoms with van der Waals surface area (Å²) in [5.74, 6) is 0. The number of nitrogens with two attached hydrogens (primary N) is 1. The van der Waals surface area contributed by atoms with Crippen LogP contribution in [0.15, 0.2) is 0 Å². The molecule has 1 nitrogen and oxygen atoms in total. The van der Waals surface area contributed by atoms with Crippen LogP contribution in [0.1, 0.15) is 117 Å². The van der Waals surface area contributed by atoms with E-state index in [-0.39, 0.29) is 0 Å². The van der Waals surface area contributed by atoms with Crippen molar-refractivity contribution in [2.45, 2.75) is 117 Å². The summed E-state index contributed by atoms with van der Waals surface area (Å²) < 4.78 is 0. The molecule has 124 valence electrons. The fraction of sp³-hybridized carbons (Fsp3) is 1.00. The summed E-state index contributed by atoms with van der Waals surface area (Å²) >= 11 is 0. The summed E-state index contributed by atoms with van der Waals surface area (Å²) in [7, 11) is 1.50. The molecule has 2 N–H and O–H groups in total. The van der Waals surface area contributed by atoms with Gasteiger partial charge >= 0.3 is 0 Å². The third kappa shape index (κ3) is 23.1. The molecule has 0 aliphatic carbocycles. The van der Waals surface area contributed by atoms with Crippen LogP contribution in [0.5, 0.6) is 0 Å². The Hall–Kier alpha value is -0.0400. The molecule has 0 aliphatic rings. The van der Waals surface area contributed by atoms with Gasteiger partial charge in [0.05, 0.1) is 0 Å². The van der Waals surface area contributed by atoms with Gasteiger partial charge in [0.2, 0.25) is 0 Å². The molecule has 0 saturated carbocycles. The van der Waals surface area contributed by atoms with E-state index < -0.39 is 0 Å². The highest BCUT2D eigenvalue weighted by Gasteiger charge is 1.93. The Bertz CT molecular complexity index is 118. The predicted molar refractivity (Wildman–Crippen MR) is 95.3 cm³/mol. The van der Waals surface area contributed by atoms with Crippen molar-refractivity contribution in [1.29, 1.82) is 0 Å². The van der Waals surface area contributed by atoms with Crippen LogP contribution in [0.3, 0.4) is 0 Å². The lowest BCUT2D eigenvalue weighted by molar-refractivity contribution is 0.531. The van der Waals surface area contributed by atoms with Crippen LogP contribution in [-0.4, -0.2) is 7.05 Å². The summed E-state index contributed by atoms with van der Waals surface area (Å²) in [5.41, 5.74) is 4.50. The quantitative estimate of drug-likeness (QED) is 0.327. The average molecular weight is 286 g/mol. The molecule has 0 aliphatic heterocycles. The van der Waals surface area contributed by atoms with Gasteiger partial charge in [0.15, 0.2) is 0 Å². The molecule has 0 aromatic heterocycles. The maximum absolute atomic E-state index is 4.50. The first-order chi connectivity index (χ1) is 9.91. The van der Waals surface area contributed by atoms with Gasteiger partial charge in [-0.25, -0.2) is 0 Å². The van der Waals surface area contributed by atoms with Crippen molar-refractivity contribution in [2.75, 3.05) is 7.05 Å². The van der Waals surface area contributed by atoms with E-state index in [0.717, 1.165) is 0 Å². The van der Waals surface area contributed by atoms with Crippen molar-refractivity contribution < 1.29 is 0 Å². The van der Waals surface area contributed by atoms with Crippen LogP contribution in [-0.2, 0) is 0 Å². The lowest BCUT2D eigenvalue weighted by atomic mass is 10.0. The maximum atomic E-state index is 4.50. The van der Waals surface area contributed by atoms with Gasteiger partial charge in [0, 0.05) is 0 Å². The highest BCUT2D eigenvalue weighted by molar-refractivity contribution is 4.49. The van der Waals surface area contributed by atoms with E-state index >= 15 is 0 Å². The highest BCUT2D eigenvalue weighted by Crippen LogP contribution is 2.13. The zero-order chi connectivity index (χ0) is 15.3. The molecule has 0 fully saturated rings. The highest BCUT2D eigenvalue weighted by atomic mass is 14.4. The fourth-order valence-corrected chi connectivity index (χ4v) is 2.62. The van der Waals surface area contributed by atoms with Gasteiger partial charge in [-0.1, -0.05) is 117 Å². The van der Waals surface area contributed by atoms with Crippen molar-refractivity contribution in [1.82, 2.24) is 0 Å². The van der Waals surface area contributed by atoms with E-state index in [2.05, 4.69) is 19.6 Å². The Morgan fingerprint density at radius 1 is 0.350 bits per heavy atom. The molecule has 0 radical (unpaired) electrons. The van der Waals surface area contributed by atoms with Crippen molar-refractivity contribution >= 4 is 0 Å². The average Bonchev–Trinajstić information content (AvgIpc) is 2.50. The number of hydrogen-bond donors (Lipinski definition) is 1. The summed E-state index contributed by atoms with van der Waals surface area (Å²) in [6.07, 6.45) is 23.4. The minimum Gasteiger partial charge on any atom is -0.333 e. The fourth-order valence-electron chi connectivity index (χ4n) is 2.62. The summed E-state index contributed by atoms with van der Waals surface area (Å²) in [6.45, 7) is 4.59. The third-order valence-electron chi connectivity index (χ3n) is 3.96. The number of hydrogen-bond acceptors (Lipinski definition) is 1. The van der Waals surface area contributed by atoms with E-state index in [9.17, 15) is 0 Å². The van der Waals surface area contributed by atoms with E-state index in [0.29, 0.717) is 0 Å². The number of rotatable bonds is 15. The maximum Gasteiger partial charge on any atom is -0.0195 e. The van der Waals surface area contributed by atoms with Crippen LogP contribution in [0.4, 0.5) is 0 Å². The van der Waals surface area contributed by atoms with E-state index in [1.165, 1.54) is 110 Å². The van der Waals surface area contributed by atoms with E-state index in [1.54, 1.807) is 0 Å². The Morgan fingerprint density at radius 2 is 0.500 bits per heavy atom. The Morgan fingerprint density at radius 3 is 0.650 bits per heavy atom. The molecule has 0 atom stereocenters. The van der Waals surface area contributed by atoms with Gasteiger partial charge in [-0.15, -0.1) is 0 Å². The molecule has 0 bridgehead atoms. The van der Waals surface area contributed by atoms with Crippen LogP contribution >= 0.6 is 0 Å². The molecule has 1 heteroatoms. The van der Waals surface area contributed by atoms with Crippen molar-refractivity contribution in [2.24, 2.45) is 5.73 Å². The summed E-state index contributed by atoms with van der Waals surface area (Å²) in [4.78, 5) is 0. The Balaban J connectivity index is 0. The van der Waals surface area contributed by atoms with Gasteiger partial charge in [-0.2, -0.15) is 0 Å². The topological polar surface area (TPSA) is 26.0 Å². The Kier molecular flexibility index (Phi) is 26.7. The molecule has 20 heavy (non-hydrogen) atoms. The SMILES string of the molecule is CCCCCCCCCCCCCCCCCC.CN. The molecule has 0 aromatic rings. The minimum absolute atomic E-state index is 1.37. The third-order valence-corrected chi connectivity index (χ3v) is 3.96. The zero-order valence-corrected chi connectivity index (χ0v) is 14.9. The van der Waals surface area contributed by atoms with Crippen LogP contribution in [0.25, 0.3) is 0 Å². The Labute approximate surface area is 130 Å². The van der Waals surface area contributed by atoms with Gasteiger partial charge in [-0.05, 0) is 7.05 Å². The van der Waals surface area contributed by atoms with Gasteiger partial charge in [0.25, 0.3) is 0 Å². The molecule has 0 heterocycles. The van der Waals surface area contributed by atoms with E-state index in [1.807, 2.05) is 0 Å².